The highest BCUT2D eigenvalue weighted by Gasteiger charge is 2.32. The summed E-state index contributed by atoms with van der Waals surface area (Å²) in [4.78, 5) is 24.5. The van der Waals surface area contributed by atoms with Crippen molar-refractivity contribution >= 4 is 12.0 Å². The minimum absolute atomic E-state index is 0.0765. The number of rotatable bonds is 1. The van der Waals surface area contributed by atoms with Crippen molar-refractivity contribution in [2.75, 3.05) is 13.1 Å². The van der Waals surface area contributed by atoms with Crippen LogP contribution in [0.15, 0.2) is 0 Å². The second-order valence-corrected chi connectivity index (χ2v) is 5.02. The van der Waals surface area contributed by atoms with Gasteiger partial charge in [0, 0.05) is 13.5 Å². The first-order chi connectivity index (χ1) is 7.31. The largest absolute Gasteiger partial charge is 0.443 e. The first kappa shape index (κ1) is 13.0. The Morgan fingerprint density at radius 1 is 1.38 bits per heavy atom. The van der Waals surface area contributed by atoms with Crippen LogP contribution in [0.25, 0.3) is 0 Å². The van der Waals surface area contributed by atoms with Crippen LogP contribution in [0.2, 0.25) is 0 Å². The zero-order chi connectivity index (χ0) is 12.3. The van der Waals surface area contributed by atoms with E-state index in [2.05, 4.69) is 5.32 Å². The lowest BCUT2D eigenvalue weighted by Gasteiger charge is -2.28. The van der Waals surface area contributed by atoms with Crippen molar-refractivity contribution in [2.24, 2.45) is 0 Å². The van der Waals surface area contributed by atoms with Crippen molar-refractivity contribution in [1.29, 1.82) is 0 Å². The molecule has 1 aliphatic rings. The first-order valence-electron chi connectivity index (χ1n) is 5.55. The molecule has 1 aliphatic heterocycles. The molecule has 92 valence electrons. The lowest BCUT2D eigenvalue weighted by atomic mass is 10.2. The molecule has 0 spiro atoms. The number of nitrogens with one attached hydrogen (secondary N) is 1. The highest BCUT2D eigenvalue weighted by molar-refractivity contribution is 5.91. The van der Waals surface area contributed by atoms with E-state index < -0.39 is 11.7 Å². The van der Waals surface area contributed by atoms with Crippen LogP contribution >= 0.6 is 0 Å². The van der Waals surface area contributed by atoms with Gasteiger partial charge in [-0.3, -0.25) is 4.79 Å². The molecule has 1 saturated heterocycles. The van der Waals surface area contributed by atoms with Gasteiger partial charge in [-0.2, -0.15) is 0 Å². The monoisotopic (exact) mass is 228 g/mol. The third kappa shape index (κ3) is 3.48. The van der Waals surface area contributed by atoms with Gasteiger partial charge in [0.05, 0.1) is 6.04 Å². The molecule has 0 aromatic rings. The molecule has 1 atom stereocenters. The number of amides is 2. The second kappa shape index (κ2) is 4.82. The molecule has 0 aromatic heterocycles. The smallest absolute Gasteiger partial charge is 0.417 e. The maximum absolute atomic E-state index is 11.8. The SMILES string of the molecule is CC(=O)N(C(=O)OC(C)(C)C)[C@H]1CCNC1. The van der Waals surface area contributed by atoms with Crippen molar-refractivity contribution in [3.8, 4) is 0 Å². The van der Waals surface area contributed by atoms with Crippen LogP contribution in [0.3, 0.4) is 0 Å². The van der Waals surface area contributed by atoms with Crippen LogP contribution in [0.1, 0.15) is 34.1 Å². The van der Waals surface area contributed by atoms with Crippen LogP contribution < -0.4 is 5.32 Å². The molecule has 1 heterocycles. The fourth-order valence-electron chi connectivity index (χ4n) is 1.71. The van der Waals surface area contributed by atoms with Crippen molar-refractivity contribution in [3.05, 3.63) is 0 Å². The summed E-state index contributed by atoms with van der Waals surface area (Å²) in [5.74, 6) is -0.261. The van der Waals surface area contributed by atoms with E-state index in [-0.39, 0.29) is 11.9 Å². The highest BCUT2D eigenvalue weighted by Crippen LogP contribution is 2.15. The molecule has 1 N–H and O–H groups in total. The fraction of sp³-hybridized carbons (Fsp3) is 0.818. The van der Waals surface area contributed by atoms with Gasteiger partial charge in [-0.25, -0.2) is 9.69 Å². The molecule has 2 amide bonds. The van der Waals surface area contributed by atoms with Gasteiger partial charge in [0.2, 0.25) is 5.91 Å². The van der Waals surface area contributed by atoms with Crippen LogP contribution in [-0.2, 0) is 9.53 Å². The predicted molar refractivity (Wildman–Crippen MR) is 60.0 cm³/mol. The molecular formula is C11H20N2O3. The lowest BCUT2D eigenvalue weighted by Crippen LogP contribution is -2.46. The summed E-state index contributed by atoms with van der Waals surface area (Å²) in [5, 5.41) is 3.12. The van der Waals surface area contributed by atoms with Gasteiger partial charge in [0.1, 0.15) is 5.60 Å². The Bertz CT molecular complexity index is 277. The van der Waals surface area contributed by atoms with Gasteiger partial charge in [-0.05, 0) is 33.7 Å². The molecule has 0 bridgehead atoms. The van der Waals surface area contributed by atoms with Gasteiger partial charge in [-0.1, -0.05) is 0 Å². The Hall–Kier alpha value is -1.10. The molecule has 0 radical (unpaired) electrons. The number of imide groups is 1. The summed E-state index contributed by atoms with van der Waals surface area (Å²) in [5.41, 5.74) is -0.573. The van der Waals surface area contributed by atoms with E-state index in [1.807, 2.05) is 0 Å². The lowest BCUT2D eigenvalue weighted by molar-refractivity contribution is -0.129. The van der Waals surface area contributed by atoms with Gasteiger partial charge >= 0.3 is 6.09 Å². The predicted octanol–water partition coefficient (Wildman–Crippen LogP) is 1.13. The Labute approximate surface area is 96.1 Å². The summed E-state index contributed by atoms with van der Waals surface area (Å²) in [6.45, 7) is 8.24. The summed E-state index contributed by atoms with van der Waals surface area (Å²) in [6, 6.07) is -0.0765. The van der Waals surface area contributed by atoms with Crippen LogP contribution in [0.4, 0.5) is 4.79 Å². The number of ether oxygens (including phenoxy) is 1. The van der Waals surface area contributed by atoms with E-state index >= 15 is 0 Å². The Balaban J connectivity index is 2.70. The maximum Gasteiger partial charge on any atom is 0.417 e. The van der Waals surface area contributed by atoms with Gasteiger partial charge in [0.15, 0.2) is 0 Å². The van der Waals surface area contributed by atoms with E-state index in [9.17, 15) is 9.59 Å². The zero-order valence-corrected chi connectivity index (χ0v) is 10.4. The normalized spacial score (nSPS) is 20.6. The van der Waals surface area contributed by atoms with Crippen LogP contribution in [0, 0.1) is 0 Å². The number of carbonyl (C=O) groups excluding carboxylic acids is 2. The molecule has 0 aromatic carbocycles. The molecule has 5 nitrogen and oxygen atoms in total. The molecule has 0 unspecified atom stereocenters. The first-order valence-corrected chi connectivity index (χ1v) is 5.55. The fourth-order valence-corrected chi connectivity index (χ4v) is 1.71. The number of hydrogen-bond acceptors (Lipinski definition) is 4. The zero-order valence-electron chi connectivity index (χ0n) is 10.4. The Morgan fingerprint density at radius 3 is 2.38 bits per heavy atom. The minimum atomic E-state index is -0.573. The van der Waals surface area contributed by atoms with Gasteiger partial charge in [0.25, 0.3) is 0 Å². The maximum atomic E-state index is 11.8. The van der Waals surface area contributed by atoms with Gasteiger partial charge < -0.3 is 10.1 Å². The van der Waals surface area contributed by atoms with E-state index in [0.29, 0.717) is 6.54 Å². The summed E-state index contributed by atoms with van der Waals surface area (Å²) in [6.07, 6.45) is 0.243. The molecule has 0 saturated carbocycles. The molecule has 5 heteroatoms. The third-order valence-corrected chi connectivity index (χ3v) is 2.33. The third-order valence-electron chi connectivity index (χ3n) is 2.33. The van der Waals surface area contributed by atoms with Crippen molar-refractivity contribution in [1.82, 2.24) is 10.2 Å². The summed E-state index contributed by atoms with van der Waals surface area (Å²) >= 11 is 0. The topological polar surface area (TPSA) is 58.6 Å². The minimum Gasteiger partial charge on any atom is -0.443 e. The van der Waals surface area contributed by atoms with E-state index in [1.54, 1.807) is 20.8 Å². The number of nitrogens with zero attached hydrogens (tertiary/aromatic N) is 1. The van der Waals surface area contributed by atoms with Crippen LogP contribution in [0.5, 0.6) is 0 Å². The average molecular weight is 228 g/mol. The molecular weight excluding hydrogens is 208 g/mol. The summed E-state index contributed by atoms with van der Waals surface area (Å²) < 4.78 is 5.21. The quantitative estimate of drug-likeness (QED) is 0.731. The van der Waals surface area contributed by atoms with Crippen molar-refractivity contribution < 1.29 is 14.3 Å². The second-order valence-electron chi connectivity index (χ2n) is 5.02. The van der Waals surface area contributed by atoms with E-state index in [4.69, 9.17) is 4.74 Å². The van der Waals surface area contributed by atoms with Crippen molar-refractivity contribution in [3.63, 3.8) is 0 Å². The Morgan fingerprint density at radius 2 is 2.00 bits per heavy atom. The standard InChI is InChI=1S/C11H20N2O3/c1-8(14)13(9-5-6-12-7-9)10(15)16-11(2,3)4/h9,12H,5-7H2,1-4H3/t9-/m0/s1. The Kier molecular flexibility index (Phi) is 3.91. The van der Waals surface area contributed by atoms with Gasteiger partial charge in [-0.15, -0.1) is 0 Å². The summed E-state index contributed by atoms with van der Waals surface area (Å²) in [7, 11) is 0. The molecule has 16 heavy (non-hydrogen) atoms. The van der Waals surface area contributed by atoms with Crippen molar-refractivity contribution in [2.45, 2.75) is 45.8 Å². The molecule has 1 fully saturated rings. The van der Waals surface area contributed by atoms with E-state index in [0.717, 1.165) is 13.0 Å². The van der Waals surface area contributed by atoms with Crippen LogP contribution in [-0.4, -0.2) is 41.6 Å². The van der Waals surface area contributed by atoms with E-state index in [1.165, 1.54) is 11.8 Å². The highest BCUT2D eigenvalue weighted by atomic mass is 16.6. The number of carbonyl (C=O) groups is 2. The average Bonchev–Trinajstić information content (AvgIpc) is 2.52. The molecule has 0 aliphatic carbocycles. The molecule has 1 rings (SSSR count). The number of hydrogen-bond donors (Lipinski definition) is 1.